The number of fused-ring (bicyclic) bond motifs is 5. The number of allylic oxidation sites excluding steroid dienone is 2. The largest absolute Gasteiger partial charge is 0.481 e. The molecule has 210 valence electrons. The van der Waals surface area contributed by atoms with E-state index in [1.807, 2.05) is 13.8 Å². The van der Waals surface area contributed by atoms with Crippen molar-refractivity contribution in [3.8, 4) is 0 Å². The number of hydrogen-bond donors (Lipinski definition) is 3. The zero-order valence-corrected chi connectivity index (χ0v) is 24.0. The normalized spacial score (nSPS) is 47.7. The maximum Gasteiger partial charge on any atom is 0.306 e. The molecule has 4 rings (SSSR count). The summed E-state index contributed by atoms with van der Waals surface area (Å²) in [5.41, 5.74) is 0.624. The molecule has 6 nitrogen and oxygen atoms in total. The number of aliphatic hydroxyl groups excluding tert-OH is 2. The molecule has 0 aliphatic heterocycles. The molecule has 0 saturated heterocycles. The molecule has 4 saturated carbocycles. The summed E-state index contributed by atoms with van der Waals surface area (Å²) < 4.78 is 5.93. The average Bonchev–Trinajstić information content (AvgIpc) is 3.05. The van der Waals surface area contributed by atoms with Crippen LogP contribution in [0.5, 0.6) is 0 Å². The van der Waals surface area contributed by atoms with Crippen molar-refractivity contribution < 1.29 is 29.6 Å². The van der Waals surface area contributed by atoms with Crippen molar-refractivity contribution in [3.63, 3.8) is 0 Å². The molecular weight excluding hydrogens is 468 g/mol. The van der Waals surface area contributed by atoms with Crippen LogP contribution in [0.3, 0.4) is 0 Å². The SMILES string of the molecule is CC(=O)OC1C[C@@]2(C)[C@@H](CC(O)C3[C@@]4(C)CC[C@@H](O)[C@@H](C)C4CC[C@@]32C)C1C(CCC=C(C)C)C(=O)O. The molecule has 6 heteroatoms. The number of carbonyl (C=O) groups is 2. The molecule has 4 aliphatic rings. The van der Waals surface area contributed by atoms with Crippen molar-refractivity contribution in [2.24, 2.45) is 51.8 Å². The summed E-state index contributed by atoms with van der Waals surface area (Å²) in [6.45, 7) is 14.6. The molecule has 0 aromatic carbocycles. The molecule has 0 bridgehead atoms. The van der Waals surface area contributed by atoms with Gasteiger partial charge >= 0.3 is 11.9 Å². The van der Waals surface area contributed by atoms with E-state index in [4.69, 9.17) is 4.74 Å². The van der Waals surface area contributed by atoms with Crippen molar-refractivity contribution in [2.45, 2.75) is 118 Å². The van der Waals surface area contributed by atoms with Crippen molar-refractivity contribution in [3.05, 3.63) is 11.6 Å². The topological polar surface area (TPSA) is 104 Å². The first kappa shape index (κ1) is 28.6. The number of carbonyl (C=O) groups excluding carboxylic acids is 1. The number of aliphatic hydroxyl groups is 2. The van der Waals surface area contributed by atoms with Crippen molar-refractivity contribution in [2.75, 3.05) is 0 Å². The molecule has 3 N–H and O–H groups in total. The van der Waals surface area contributed by atoms with E-state index < -0.39 is 24.1 Å². The summed E-state index contributed by atoms with van der Waals surface area (Å²) in [6, 6.07) is 0. The average molecular weight is 519 g/mol. The van der Waals surface area contributed by atoms with Gasteiger partial charge in [-0.05, 0) is 105 Å². The highest BCUT2D eigenvalue weighted by atomic mass is 16.5. The molecule has 4 fully saturated rings. The minimum absolute atomic E-state index is 0.0346. The van der Waals surface area contributed by atoms with Gasteiger partial charge in [-0.1, -0.05) is 39.3 Å². The highest BCUT2D eigenvalue weighted by molar-refractivity contribution is 5.71. The van der Waals surface area contributed by atoms with E-state index >= 15 is 0 Å². The van der Waals surface area contributed by atoms with Gasteiger partial charge in [0.1, 0.15) is 6.10 Å². The third-order valence-corrected chi connectivity index (χ3v) is 12.1. The van der Waals surface area contributed by atoms with Crippen LogP contribution in [0.1, 0.15) is 99.8 Å². The molecule has 4 aliphatic carbocycles. The third kappa shape index (κ3) is 4.48. The van der Waals surface area contributed by atoms with Crippen LogP contribution in [-0.4, -0.2) is 45.6 Å². The van der Waals surface area contributed by atoms with E-state index in [2.05, 4.69) is 33.8 Å². The lowest BCUT2D eigenvalue weighted by Crippen LogP contribution is -2.66. The Hall–Kier alpha value is -1.40. The molecule has 37 heavy (non-hydrogen) atoms. The maximum atomic E-state index is 12.7. The minimum atomic E-state index is -0.832. The minimum Gasteiger partial charge on any atom is -0.481 e. The third-order valence-electron chi connectivity index (χ3n) is 12.1. The lowest BCUT2D eigenvalue weighted by molar-refractivity contribution is -0.240. The Morgan fingerprint density at radius 2 is 1.68 bits per heavy atom. The maximum absolute atomic E-state index is 12.7. The summed E-state index contributed by atoms with van der Waals surface area (Å²) in [7, 11) is 0. The number of carboxylic acid groups (broad SMARTS) is 1. The Morgan fingerprint density at radius 1 is 1.00 bits per heavy atom. The van der Waals surface area contributed by atoms with Crippen LogP contribution in [0.4, 0.5) is 0 Å². The van der Waals surface area contributed by atoms with Crippen molar-refractivity contribution >= 4 is 11.9 Å². The van der Waals surface area contributed by atoms with Gasteiger partial charge in [0.15, 0.2) is 0 Å². The Bertz CT molecular complexity index is 925. The van der Waals surface area contributed by atoms with Crippen LogP contribution < -0.4 is 0 Å². The Balaban J connectivity index is 1.75. The van der Waals surface area contributed by atoms with Crippen LogP contribution in [0.15, 0.2) is 11.6 Å². The molecule has 0 heterocycles. The summed E-state index contributed by atoms with van der Waals surface area (Å²) in [5, 5.41) is 33.0. The van der Waals surface area contributed by atoms with E-state index in [9.17, 15) is 24.9 Å². The van der Waals surface area contributed by atoms with Gasteiger partial charge in [-0.3, -0.25) is 9.59 Å². The second-order valence-electron chi connectivity index (χ2n) is 14.1. The van der Waals surface area contributed by atoms with Crippen LogP contribution >= 0.6 is 0 Å². The van der Waals surface area contributed by atoms with Crippen LogP contribution in [0, 0.1) is 51.8 Å². The number of rotatable bonds is 6. The first-order chi connectivity index (χ1) is 17.2. The van der Waals surface area contributed by atoms with Gasteiger partial charge in [-0.15, -0.1) is 0 Å². The first-order valence-electron chi connectivity index (χ1n) is 14.6. The monoisotopic (exact) mass is 518 g/mol. The summed E-state index contributed by atoms with van der Waals surface area (Å²) in [4.78, 5) is 24.9. The highest BCUT2D eigenvalue weighted by Gasteiger charge is 2.72. The second-order valence-corrected chi connectivity index (χ2v) is 14.1. The number of carboxylic acids is 1. The van der Waals surface area contributed by atoms with E-state index in [0.717, 1.165) is 31.3 Å². The van der Waals surface area contributed by atoms with Gasteiger partial charge in [0.25, 0.3) is 0 Å². The first-order valence-corrected chi connectivity index (χ1v) is 14.6. The number of ether oxygens (including phenoxy) is 1. The molecule has 0 spiro atoms. The van der Waals surface area contributed by atoms with Gasteiger partial charge in [-0.2, -0.15) is 0 Å². The summed E-state index contributed by atoms with van der Waals surface area (Å²) in [5.74, 6) is -1.54. The standard InChI is InChI=1S/C31H50O6/c1-17(2)9-8-10-20(28(35)36)26-22-15-24(34)27-29(5)13-12-23(33)18(3)21(29)11-14-30(27,6)31(22,7)16-25(26)37-19(4)32/h9,18,20-27,33-34H,8,10-16H2,1-7H3,(H,35,36)/t18-,20?,21?,22-,23+,24?,25?,26?,27?,29-,30-,31-/m0/s1. The zero-order valence-electron chi connectivity index (χ0n) is 24.0. The molecular formula is C31H50O6. The van der Waals surface area contributed by atoms with Crippen molar-refractivity contribution in [1.82, 2.24) is 0 Å². The summed E-state index contributed by atoms with van der Waals surface area (Å²) in [6.07, 6.45) is 6.77. The van der Waals surface area contributed by atoms with Crippen LogP contribution in [0.2, 0.25) is 0 Å². The predicted octanol–water partition coefficient (Wildman–Crippen LogP) is 5.60. The van der Waals surface area contributed by atoms with Gasteiger partial charge in [0.05, 0.1) is 18.1 Å². The van der Waals surface area contributed by atoms with E-state index in [1.165, 1.54) is 6.92 Å². The van der Waals surface area contributed by atoms with Crippen molar-refractivity contribution in [1.29, 1.82) is 0 Å². The van der Waals surface area contributed by atoms with Gasteiger partial charge in [-0.25, -0.2) is 0 Å². The molecule has 0 radical (unpaired) electrons. The summed E-state index contributed by atoms with van der Waals surface area (Å²) >= 11 is 0. The fourth-order valence-electron chi connectivity index (χ4n) is 10.4. The zero-order chi connectivity index (χ0) is 27.5. The Morgan fingerprint density at radius 3 is 2.27 bits per heavy atom. The van der Waals surface area contributed by atoms with Crippen LogP contribution in [-0.2, 0) is 14.3 Å². The lowest BCUT2D eigenvalue weighted by Gasteiger charge is -2.69. The fourth-order valence-corrected chi connectivity index (χ4v) is 10.4. The van der Waals surface area contributed by atoms with E-state index in [-0.39, 0.29) is 52.0 Å². The van der Waals surface area contributed by atoms with Crippen LogP contribution in [0.25, 0.3) is 0 Å². The number of esters is 1. The Kier molecular flexibility index (Phi) is 7.71. The van der Waals surface area contributed by atoms with E-state index in [0.29, 0.717) is 31.6 Å². The highest BCUT2D eigenvalue weighted by Crippen LogP contribution is 2.74. The number of hydrogen-bond acceptors (Lipinski definition) is 5. The Labute approximate surface area is 223 Å². The fraction of sp³-hybridized carbons (Fsp3) is 0.871. The molecule has 0 aromatic heterocycles. The van der Waals surface area contributed by atoms with Gasteiger partial charge in [0, 0.05) is 12.8 Å². The predicted molar refractivity (Wildman–Crippen MR) is 143 cm³/mol. The lowest BCUT2D eigenvalue weighted by atomic mass is 9.36. The molecule has 12 atom stereocenters. The van der Waals surface area contributed by atoms with Gasteiger partial charge < -0.3 is 20.1 Å². The quantitative estimate of drug-likeness (QED) is 0.312. The van der Waals surface area contributed by atoms with Gasteiger partial charge in [0.2, 0.25) is 0 Å². The molecule has 6 unspecified atom stereocenters. The number of aliphatic carboxylic acids is 1. The smallest absolute Gasteiger partial charge is 0.306 e. The molecule has 0 amide bonds. The molecule has 0 aromatic rings. The second kappa shape index (κ2) is 9.97. The van der Waals surface area contributed by atoms with E-state index in [1.54, 1.807) is 0 Å².